The van der Waals surface area contributed by atoms with Crippen molar-refractivity contribution in [1.29, 1.82) is 0 Å². The van der Waals surface area contributed by atoms with Gasteiger partial charge in [-0.2, -0.15) is 0 Å². The van der Waals surface area contributed by atoms with Gasteiger partial charge in [-0.3, -0.25) is 9.59 Å². The third-order valence-electron chi connectivity index (χ3n) is 1.68. The number of hydrogen-bond acceptors (Lipinski definition) is 3. The van der Waals surface area contributed by atoms with Gasteiger partial charge in [-0.1, -0.05) is 12.1 Å². The van der Waals surface area contributed by atoms with E-state index >= 15 is 0 Å². The lowest BCUT2D eigenvalue weighted by molar-refractivity contribution is -0.142. The molecule has 1 rings (SSSR count). The minimum absolute atomic E-state index is 0.0476. The highest BCUT2D eigenvalue weighted by atomic mass is 19.1. The number of ether oxygens (including phenoxy) is 1. The van der Waals surface area contributed by atoms with Crippen LogP contribution in [0.1, 0.15) is 6.42 Å². The molecule has 0 aromatic heterocycles. The minimum atomic E-state index is -0.663. The summed E-state index contributed by atoms with van der Waals surface area (Å²) in [6.07, 6.45) is -0.426. The second kappa shape index (κ2) is 5.09. The van der Waals surface area contributed by atoms with Crippen LogP contribution < -0.4 is 5.32 Å². The Balaban J connectivity index is 2.59. The molecule has 80 valence electrons. The first-order valence-electron chi connectivity index (χ1n) is 4.24. The fourth-order valence-corrected chi connectivity index (χ4v) is 0.960. The fraction of sp³-hybridized carbons (Fsp3) is 0.200. The molecule has 0 aliphatic carbocycles. The molecule has 0 fully saturated rings. The number of para-hydroxylation sites is 1. The number of benzene rings is 1. The zero-order valence-corrected chi connectivity index (χ0v) is 8.12. The maximum atomic E-state index is 13.0. The predicted molar refractivity (Wildman–Crippen MR) is 51.7 cm³/mol. The van der Waals surface area contributed by atoms with Gasteiger partial charge in [-0.15, -0.1) is 0 Å². The molecule has 0 atom stereocenters. The Labute approximate surface area is 86.0 Å². The van der Waals surface area contributed by atoms with Gasteiger partial charge in [0.2, 0.25) is 5.91 Å². The zero-order chi connectivity index (χ0) is 11.3. The molecular formula is C10H10FNO3. The number of rotatable bonds is 3. The first-order chi connectivity index (χ1) is 7.13. The normalized spacial score (nSPS) is 9.47. The minimum Gasteiger partial charge on any atom is -0.469 e. The summed E-state index contributed by atoms with van der Waals surface area (Å²) in [5, 5.41) is 2.26. The van der Waals surface area contributed by atoms with Crippen molar-refractivity contribution in [1.82, 2.24) is 0 Å². The molecular weight excluding hydrogens is 201 g/mol. The van der Waals surface area contributed by atoms with E-state index in [0.717, 1.165) is 0 Å². The van der Waals surface area contributed by atoms with Gasteiger partial charge in [0.25, 0.3) is 0 Å². The van der Waals surface area contributed by atoms with Crippen molar-refractivity contribution in [3.63, 3.8) is 0 Å². The molecule has 1 aromatic rings. The Morgan fingerprint density at radius 1 is 1.40 bits per heavy atom. The maximum Gasteiger partial charge on any atom is 0.315 e. The number of anilines is 1. The average Bonchev–Trinajstić information content (AvgIpc) is 2.21. The highest BCUT2D eigenvalue weighted by Gasteiger charge is 2.10. The van der Waals surface area contributed by atoms with Crippen molar-refractivity contribution in [3.8, 4) is 0 Å². The van der Waals surface area contributed by atoms with E-state index in [9.17, 15) is 14.0 Å². The first kappa shape index (κ1) is 11.2. The summed E-state index contributed by atoms with van der Waals surface area (Å²) in [5.74, 6) is -1.81. The van der Waals surface area contributed by atoms with Crippen LogP contribution in [0.3, 0.4) is 0 Å². The van der Waals surface area contributed by atoms with Gasteiger partial charge in [-0.25, -0.2) is 4.39 Å². The van der Waals surface area contributed by atoms with Crippen molar-refractivity contribution in [3.05, 3.63) is 30.1 Å². The highest BCUT2D eigenvalue weighted by molar-refractivity contribution is 6.01. The quantitative estimate of drug-likeness (QED) is 0.606. The van der Waals surface area contributed by atoms with Crippen molar-refractivity contribution in [2.24, 2.45) is 0 Å². The first-order valence-corrected chi connectivity index (χ1v) is 4.24. The molecule has 0 saturated heterocycles. The molecule has 4 nitrogen and oxygen atoms in total. The van der Waals surface area contributed by atoms with Crippen LogP contribution in [0.5, 0.6) is 0 Å². The molecule has 0 unspecified atom stereocenters. The standard InChI is InChI=1S/C10H10FNO3/c1-15-10(14)6-9(13)12-8-5-3-2-4-7(8)11/h2-5H,6H2,1H3,(H,12,13). The van der Waals surface area contributed by atoms with Crippen LogP contribution in [0.2, 0.25) is 0 Å². The Morgan fingerprint density at radius 3 is 2.67 bits per heavy atom. The van der Waals surface area contributed by atoms with Crippen LogP contribution in [0.4, 0.5) is 10.1 Å². The number of halogens is 1. The zero-order valence-electron chi connectivity index (χ0n) is 8.12. The summed E-state index contributed by atoms with van der Waals surface area (Å²) >= 11 is 0. The number of hydrogen-bond donors (Lipinski definition) is 1. The summed E-state index contributed by atoms with van der Waals surface area (Å²) in [5.41, 5.74) is 0.0476. The van der Waals surface area contributed by atoms with Gasteiger partial charge in [-0.05, 0) is 12.1 Å². The van der Waals surface area contributed by atoms with Crippen molar-refractivity contribution >= 4 is 17.6 Å². The average molecular weight is 211 g/mol. The van der Waals surface area contributed by atoms with Crippen molar-refractivity contribution in [2.45, 2.75) is 6.42 Å². The van der Waals surface area contributed by atoms with Crippen molar-refractivity contribution < 1.29 is 18.7 Å². The van der Waals surface area contributed by atoms with Crippen LogP contribution in [0.25, 0.3) is 0 Å². The monoisotopic (exact) mass is 211 g/mol. The number of carbonyl (C=O) groups excluding carboxylic acids is 2. The number of methoxy groups -OCH3 is 1. The summed E-state index contributed by atoms with van der Waals surface area (Å²) in [4.78, 5) is 21.9. The molecule has 1 aromatic carbocycles. The Kier molecular flexibility index (Phi) is 3.79. The molecule has 0 bridgehead atoms. The second-order valence-electron chi connectivity index (χ2n) is 2.78. The van der Waals surface area contributed by atoms with E-state index in [2.05, 4.69) is 10.1 Å². The SMILES string of the molecule is COC(=O)CC(=O)Nc1ccccc1F. The summed E-state index contributed by atoms with van der Waals surface area (Å²) in [6.45, 7) is 0. The number of esters is 1. The third kappa shape index (κ3) is 3.38. The smallest absolute Gasteiger partial charge is 0.315 e. The predicted octanol–water partition coefficient (Wildman–Crippen LogP) is 1.33. The topological polar surface area (TPSA) is 55.4 Å². The van der Waals surface area contributed by atoms with Crippen molar-refractivity contribution in [2.75, 3.05) is 12.4 Å². The van der Waals surface area contributed by atoms with E-state index in [0.29, 0.717) is 0 Å². The largest absolute Gasteiger partial charge is 0.469 e. The molecule has 15 heavy (non-hydrogen) atoms. The molecule has 0 radical (unpaired) electrons. The van der Waals surface area contributed by atoms with E-state index in [-0.39, 0.29) is 5.69 Å². The molecule has 5 heteroatoms. The van der Waals surface area contributed by atoms with Gasteiger partial charge in [0.05, 0.1) is 12.8 Å². The van der Waals surface area contributed by atoms with Crippen LogP contribution in [0, 0.1) is 5.82 Å². The van der Waals surface area contributed by atoms with Gasteiger partial charge >= 0.3 is 5.97 Å². The Hall–Kier alpha value is -1.91. The van der Waals surface area contributed by atoms with Crippen LogP contribution in [0.15, 0.2) is 24.3 Å². The van der Waals surface area contributed by atoms with E-state index < -0.39 is 24.1 Å². The van der Waals surface area contributed by atoms with Gasteiger partial charge in [0.1, 0.15) is 12.2 Å². The lowest BCUT2D eigenvalue weighted by Gasteiger charge is -2.04. The lowest BCUT2D eigenvalue weighted by atomic mass is 10.3. The van der Waals surface area contributed by atoms with Gasteiger partial charge < -0.3 is 10.1 Å². The van der Waals surface area contributed by atoms with Crippen LogP contribution in [-0.4, -0.2) is 19.0 Å². The lowest BCUT2D eigenvalue weighted by Crippen LogP contribution is -2.17. The Bertz CT molecular complexity index is 379. The van der Waals surface area contributed by atoms with E-state index in [4.69, 9.17) is 0 Å². The third-order valence-corrected chi connectivity index (χ3v) is 1.68. The fourth-order valence-electron chi connectivity index (χ4n) is 0.960. The molecule has 0 heterocycles. The number of nitrogens with one attached hydrogen (secondary N) is 1. The summed E-state index contributed by atoms with van der Waals surface area (Å²) in [7, 11) is 1.18. The molecule has 1 amide bonds. The van der Waals surface area contributed by atoms with Crippen LogP contribution >= 0.6 is 0 Å². The van der Waals surface area contributed by atoms with E-state index in [1.165, 1.54) is 25.3 Å². The van der Waals surface area contributed by atoms with Gasteiger partial charge in [0.15, 0.2) is 0 Å². The van der Waals surface area contributed by atoms with Crippen LogP contribution in [-0.2, 0) is 14.3 Å². The molecule has 0 aliphatic rings. The maximum absolute atomic E-state index is 13.0. The number of amides is 1. The summed E-state index contributed by atoms with van der Waals surface area (Å²) in [6, 6.07) is 5.71. The molecule has 0 saturated carbocycles. The Morgan fingerprint density at radius 2 is 2.07 bits per heavy atom. The van der Waals surface area contributed by atoms with E-state index in [1.807, 2.05) is 0 Å². The van der Waals surface area contributed by atoms with E-state index in [1.54, 1.807) is 6.07 Å². The second-order valence-corrected chi connectivity index (χ2v) is 2.78. The number of carbonyl (C=O) groups is 2. The molecule has 0 spiro atoms. The molecule has 0 aliphatic heterocycles. The highest BCUT2D eigenvalue weighted by Crippen LogP contribution is 2.12. The summed E-state index contributed by atoms with van der Waals surface area (Å²) < 4.78 is 17.3. The molecule has 1 N–H and O–H groups in total. The van der Waals surface area contributed by atoms with Gasteiger partial charge in [0, 0.05) is 0 Å².